The van der Waals surface area contributed by atoms with E-state index in [0.717, 1.165) is 12.8 Å². The van der Waals surface area contributed by atoms with Crippen molar-refractivity contribution in [3.05, 3.63) is 33.9 Å². The Balaban J connectivity index is 2.17. The van der Waals surface area contributed by atoms with E-state index in [1.54, 1.807) is 6.07 Å². The van der Waals surface area contributed by atoms with Crippen LogP contribution in [0.4, 0.5) is 11.4 Å². The molecule has 6 heteroatoms. The third kappa shape index (κ3) is 2.34. The maximum atomic E-state index is 10.6. The van der Waals surface area contributed by atoms with Crippen LogP contribution in [0.5, 0.6) is 0 Å². The first-order valence-corrected chi connectivity index (χ1v) is 5.31. The van der Waals surface area contributed by atoms with Crippen molar-refractivity contribution in [1.29, 1.82) is 5.26 Å². The highest BCUT2D eigenvalue weighted by molar-refractivity contribution is 5.62. The van der Waals surface area contributed by atoms with Crippen molar-refractivity contribution < 1.29 is 4.92 Å². The van der Waals surface area contributed by atoms with Gasteiger partial charge in [-0.3, -0.25) is 10.1 Å². The molecule has 88 valence electrons. The highest BCUT2D eigenvalue weighted by Crippen LogP contribution is 2.26. The molecular weight excluding hydrogens is 220 g/mol. The SMILES string of the molecule is N#Cc1cc([N+](=O)[O-])ccc1NC1CC(N)C1. The van der Waals surface area contributed by atoms with Crippen LogP contribution in [0.25, 0.3) is 0 Å². The third-order valence-corrected chi connectivity index (χ3v) is 2.87. The fraction of sp³-hybridized carbons (Fsp3) is 0.364. The maximum Gasteiger partial charge on any atom is 0.270 e. The Labute approximate surface area is 98.2 Å². The van der Waals surface area contributed by atoms with E-state index >= 15 is 0 Å². The van der Waals surface area contributed by atoms with Gasteiger partial charge in [-0.15, -0.1) is 0 Å². The molecule has 1 aromatic rings. The summed E-state index contributed by atoms with van der Waals surface area (Å²) in [5.41, 5.74) is 6.52. The molecular formula is C11H12N4O2. The number of nitrogens with two attached hydrogens (primary N) is 1. The summed E-state index contributed by atoms with van der Waals surface area (Å²) in [5, 5.41) is 22.7. The molecule has 1 saturated carbocycles. The molecule has 0 bridgehead atoms. The van der Waals surface area contributed by atoms with Gasteiger partial charge in [-0.25, -0.2) is 0 Å². The smallest absolute Gasteiger partial charge is 0.270 e. The number of non-ortho nitro benzene ring substituents is 1. The third-order valence-electron chi connectivity index (χ3n) is 2.87. The lowest BCUT2D eigenvalue weighted by Crippen LogP contribution is -2.44. The Bertz CT molecular complexity index is 489. The minimum absolute atomic E-state index is 0.0718. The van der Waals surface area contributed by atoms with Crippen LogP contribution in [0.3, 0.4) is 0 Å². The number of nitriles is 1. The zero-order valence-corrected chi connectivity index (χ0v) is 9.09. The van der Waals surface area contributed by atoms with E-state index in [1.165, 1.54) is 12.1 Å². The zero-order valence-electron chi connectivity index (χ0n) is 9.09. The number of nitro benzene ring substituents is 1. The molecule has 0 spiro atoms. The summed E-state index contributed by atoms with van der Waals surface area (Å²) in [4.78, 5) is 10.1. The van der Waals surface area contributed by atoms with Crippen molar-refractivity contribution in [2.24, 2.45) is 5.73 Å². The molecule has 0 heterocycles. The molecule has 0 atom stereocenters. The van der Waals surface area contributed by atoms with Gasteiger partial charge < -0.3 is 11.1 Å². The number of rotatable bonds is 3. The van der Waals surface area contributed by atoms with Gasteiger partial charge in [-0.2, -0.15) is 5.26 Å². The monoisotopic (exact) mass is 232 g/mol. The summed E-state index contributed by atoms with van der Waals surface area (Å²) in [6.45, 7) is 0. The fourth-order valence-electron chi connectivity index (χ4n) is 1.86. The van der Waals surface area contributed by atoms with Gasteiger partial charge in [0.15, 0.2) is 0 Å². The Kier molecular flexibility index (Phi) is 2.93. The van der Waals surface area contributed by atoms with Gasteiger partial charge in [0.05, 0.1) is 16.2 Å². The second kappa shape index (κ2) is 4.39. The van der Waals surface area contributed by atoms with Gasteiger partial charge in [-0.1, -0.05) is 0 Å². The van der Waals surface area contributed by atoms with E-state index < -0.39 is 4.92 Å². The van der Waals surface area contributed by atoms with E-state index in [4.69, 9.17) is 11.0 Å². The molecule has 0 unspecified atom stereocenters. The predicted octanol–water partition coefficient (Wildman–Crippen LogP) is 1.37. The van der Waals surface area contributed by atoms with Crippen LogP contribution in [0.2, 0.25) is 0 Å². The number of anilines is 1. The minimum atomic E-state index is -0.510. The van der Waals surface area contributed by atoms with E-state index in [-0.39, 0.29) is 17.8 Å². The molecule has 17 heavy (non-hydrogen) atoms. The molecule has 0 aliphatic heterocycles. The Morgan fingerprint density at radius 2 is 2.24 bits per heavy atom. The normalized spacial score (nSPS) is 22.4. The van der Waals surface area contributed by atoms with Crippen molar-refractivity contribution in [2.75, 3.05) is 5.32 Å². The number of nitrogens with zero attached hydrogens (tertiary/aromatic N) is 2. The molecule has 0 aromatic heterocycles. The molecule has 1 fully saturated rings. The quantitative estimate of drug-likeness (QED) is 0.604. The number of hydrogen-bond donors (Lipinski definition) is 2. The number of benzene rings is 1. The fourth-order valence-corrected chi connectivity index (χ4v) is 1.86. The van der Waals surface area contributed by atoms with E-state index in [9.17, 15) is 10.1 Å². The summed E-state index contributed by atoms with van der Waals surface area (Å²) >= 11 is 0. The van der Waals surface area contributed by atoms with Crippen molar-refractivity contribution in [2.45, 2.75) is 24.9 Å². The minimum Gasteiger partial charge on any atom is -0.381 e. The van der Waals surface area contributed by atoms with Gasteiger partial charge in [0.1, 0.15) is 6.07 Å². The average molecular weight is 232 g/mol. The van der Waals surface area contributed by atoms with Crippen molar-refractivity contribution >= 4 is 11.4 Å². The van der Waals surface area contributed by atoms with Crippen LogP contribution in [0, 0.1) is 21.4 Å². The van der Waals surface area contributed by atoms with Crippen LogP contribution >= 0.6 is 0 Å². The van der Waals surface area contributed by atoms with Gasteiger partial charge in [-0.05, 0) is 18.9 Å². The second-order valence-corrected chi connectivity index (χ2v) is 4.17. The summed E-state index contributed by atoms with van der Waals surface area (Å²) in [6.07, 6.45) is 1.73. The number of nitro groups is 1. The van der Waals surface area contributed by atoms with Gasteiger partial charge >= 0.3 is 0 Å². The average Bonchev–Trinajstić information content (AvgIpc) is 2.27. The second-order valence-electron chi connectivity index (χ2n) is 4.17. The highest BCUT2D eigenvalue weighted by Gasteiger charge is 2.26. The van der Waals surface area contributed by atoms with Crippen LogP contribution in [0.15, 0.2) is 18.2 Å². The lowest BCUT2D eigenvalue weighted by Gasteiger charge is -2.34. The van der Waals surface area contributed by atoms with Crippen LogP contribution in [-0.2, 0) is 0 Å². The first kappa shape index (κ1) is 11.4. The molecule has 0 radical (unpaired) electrons. The summed E-state index contributed by atoms with van der Waals surface area (Å²) < 4.78 is 0. The molecule has 1 aromatic carbocycles. The molecule has 1 aliphatic rings. The maximum absolute atomic E-state index is 10.6. The lowest BCUT2D eigenvalue weighted by atomic mass is 9.87. The standard InChI is InChI=1S/C11H12N4O2/c12-6-7-3-10(15(16)17)1-2-11(7)14-9-4-8(13)5-9/h1-3,8-9,14H,4-5,13H2. The molecule has 3 N–H and O–H groups in total. The van der Waals surface area contributed by atoms with Crippen molar-refractivity contribution in [1.82, 2.24) is 0 Å². The van der Waals surface area contributed by atoms with Crippen LogP contribution in [-0.4, -0.2) is 17.0 Å². The molecule has 6 nitrogen and oxygen atoms in total. The molecule has 2 rings (SSSR count). The topological polar surface area (TPSA) is 105 Å². The van der Waals surface area contributed by atoms with E-state index in [0.29, 0.717) is 11.3 Å². The Morgan fingerprint density at radius 1 is 1.53 bits per heavy atom. The van der Waals surface area contributed by atoms with E-state index in [2.05, 4.69) is 5.32 Å². The van der Waals surface area contributed by atoms with Crippen molar-refractivity contribution in [3.8, 4) is 6.07 Å². The van der Waals surface area contributed by atoms with E-state index in [1.807, 2.05) is 6.07 Å². The number of nitrogens with one attached hydrogen (secondary N) is 1. The first-order chi connectivity index (χ1) is 8.10. The van der Waals surface area contributed by atoms with Crippen LogP contribution < -0.4 is 11.1 Å². The largest absolute Gasteiger partial charge is 0.381 e. The molecule has 0 saturated heterocycles. The Hall–Kier alpha value is -2.13. The first-order valence-electron chi connectivity index (χ1n) is 5.31. The zero-order chi connectivity index (χ0) is 12.4. The summed E-state index contributed by atoms with van der Waals surface area (Å²) in [5.74, 6) is 0. The van der Waals surface area contributed by atoms with Crippen molar-refractivity contribution in [3.63, 3.8) is 0 Å². The predicted molar refractivity (Wildman–Crippen MR) is 62.4 cm³/mol. The van der Waals surface area contributed by atoms with Gasteiger partial charge in [0, 0.05) is 24.2 Å². The molecule has 0 amide bonds. The van der Waals surface area contributed by atoms with Gasteiger partial charge in [0.25, 0.3) is 5.69 Å². The highest BCUT2D eigenvalue weighted by atomic mass is 16.6. The van der Waals surface area contributed by atoms with Gasteiger partial charge in [0.2, 0.25) is 0 Å². The summed E-state index contributed by atoms with van der Waals surface area (Å²) in [6, 6.07) is 6.68. The number of hydrogen-bond acceptors (Lipinski definition) is 5. The summed E-state index contributed by atoms with van der Waals surface area (Å²) in [7, 11) is 0. The molecule has 1 aliphatic carbocycles. The Morgan fingerprint density at radius 3 is 2.76 bits per heavy atom. The lowest BCUT2D eigenvalue weighted by molar-refractivity contribution is -0.384. The van der Waals surface area contributed by atoms with Crippen LogP contribution in [0.1, 0.15) is 18.4 Å².